The summed E-state index contributed by atoms with van der Waals surface area (Å²) in [5.74, 6) is -0.187. The summed E-state index contributed by atoms with van der Waals surface area (Å²) in [6.07, 6.45) is 0. The van der Waals surface area contributed by atoms with Crippen molar-refractivity contribution in [1.82, 2.24) is 5.32 Å². The molecule has 134 valence electrons. The molecule has 0 saturated heterocycles. The molecule has 2 aromatic rings. The zero-order valence-corrected chi connectivity index (χ0v) is 15.8. The zero-order valence-electron chi connectivity index (χ0n) is 15.8. The Morgan fingerprint density at radius 1 is 0.840 bits per heavy atom. The molecule has 3 heteroatoms. The van der Waals surface area contributed by atoms with Gasteiger partial charge in [0.25, 0.3) is 0 Å². The van der Waals surface area contributed by atoms with E-state index in [0.717, 1.165) is 17.7 Å². The summed E-state index contributed by atoms with van der Waals surface area (Å²) in [7, 11) is 0. The summed E-state index contributed by atoms with van der Waals surface area (Å²) in [5.41, 5.74) is 2.06. The van der Waals surface area contributed by atoms with E-state index in [1.807, 2.05) is 60.7 Å². The van der Waals surface area contributed by atoms with Gasteiger partial charge in [-0.15, -0.1) is 0 Å². The first-order chi connectivity index (χ1) is 12.0. The zero-order chi connectivity index (χ0) is 18.2. The van der Waals surface area contributed by atoms with Crippen LogP contribution in [0.5, 0.6) is 0 Å². The van der Waals surface area contributed by atoms with Gasteiger partial charge in [-0.25, -0.2) is 0 Å². The predicted molar refractivity (Wildman–Crippen MR) is 104 cm³/mol. The van der Waals surface area contributed by atoms with Crippen LogP contribution in [0.2, 0.25) is 0 Å². The van der Waals surface area contributed by atoms with E-state index in [1.165, 1.54) is 4.90 Å². The number of hydrogen-bond acceptors (Lipinski definition) is 1. The summed E-state index contributed by atoms with van der Waals surface area (Å²) in [6, 6.07) is 21.1. The topological polar surface area (TPSA) is 33.5 Å². The summed E-state index contributed by atoms with van der Waals surface area (Å²) in [5, 5.41) is 3.16. The molecule has 0 bridgehead atoms. The minimum atomic E-state index is -0.260. The van der Waals surface area contributed by atoms with Crippen LogP contribution < -0.4 is 10.2 Å². The first-order valence-electron chi connectivity index (χ1n) is 9.24. The molecule has 2 rings (SSSR count). The largest absolute Gasteiger partial charge is 0.350 e. The number of rotatable bonds is 8. The highest BCUT2D eigenvalue weighted by Gasteiger charge is 2.23. The fourth-order valence-corrected chi connectivity index (χ4v) is 3.46. The molecule has 25 heavy (non-hydrogen) atoms. The van der Waals surface area contributed by atoms with E-state index < -0.39 is 0 Å². The van der Waals surface area contributed by atoms with Crippen LogP contribution in [0, 0.1) is 0 Å². The molecule has 2 N–H and O–H groups in total. The van der Waals surface area contributed by atoms with Crippen LogP contribution in [0.4, 0.5) is 0 Å². The third kappa shape index (κ3) is 5.43. The van der Waals surface area contributed by atoms with Gasteiger partial charge >= 0.3 is 0 Å². The molecule has 0 heterocycles. The molecule has 0 aliphatic carbocycles. The van der Waals surface area contributed by atoms with Gasteiger partial charge in [-0.05, 0) is 38.8 Å². The van der Waals surface area contributed by atoms with Crippen molar-refractivity contribution in [3.8, 4) is 0 Å². The third-order valence-electron chi connectivity index (χ3n) is 4.72. The molecule has 0 radical (unpaired) electrons. The number of carbonyl (C=O) groups is 1. The molecule has 0 unspecified atom stereocenters. The minimum Gasteiger partial charge on any atom is -0.350 e. The van der Waals surface area contributed by atoms with Gasteiger partial charge in [0.2, 0.25) is 5.91 Å². The molecule has 0 spiro atoms. The van der Waals surface area contributed by atoms with Gasteiger partial charge < -0.3 is 10.2 Å². The van der Waals surface area contributed by atoms with Crippen molar-refractivity contribution in [2.24, 2.45) is 0 Å². The average molecular weight is 340 g/mol. The van der Waals surface area contributed by atoms with Crippen molar-refractivity contribution < 1.29 is 9.69 Å². The molecular weight excluding hydrogens is 308 g/mol. The number of hydrogen-bond donors (Lipinski definition) is 2. The van der Waals surface area contributed by atoms with Crippen molar-refractivity contribution in [2.75, 3.05) is 13.1 Å². The second-order valence-corrected chi connectivity index (χ2v) is 7.18. The number of amides is 1. The van der Waals surface area contributed by atoms with Gasteiger partial charge in [-0.1, -0.05) is 60.7 Å². The molecule has 0 saturated carbocycles. The highest BCUT2D eigenvalue weighted by molar-refractivity contribution is 5.87. The van der Waals surface area contributed by atoms with Crippen LogP contribution in [-0.2, 0) is 4.79 Å². The quantitative estimate of drug-likeness (QED) is 0.762. The van der Waals surface area contributed by atoms with Crippen molar-refractivity contribution in [3.05, 3.63) is 71.8 Å². The number of benzene rings is 2. The SMILES string of the molecule is CC(C)[NH+](CCNC(=O)C(c1ccccc1)c1ccccc1)C(C)C. The normalized spacial score (nSPS) is 11.5. The molecule has 1 amide bonds. The summed E-state index contributed by atoms with van der Waals surface area (Å²) in [6.45, 7) is 10.6. The monoisotopic (exact) mass is 339 g/mol. The lowest BCUT2D eigenvalue weighted by molar-refractivity contribution is -0.941. The molecule has 0 aromatic heterocycles. The second kappa shape index (κ2) is 9.38. The Morgan fingerprint density at radius 3 is 1.68 bits per heavy atom. The van der Waals surface area contributed by atoms with Gasteiger partial charge in [0.1, 0.15) is 0 Å². The van der Waals surface area contributed by atoms with E-state index in [-0.39, 0.29) is 11.8 Å². The van der Waals surface area contributed by atoms with E-state index in [2.05, 4.69) is 33.0 Å². The van der Waals surface area contributed by atoms with Crippen molar-refractivity contribution in [1.29, 1.82) is 0 Å². The third-order valence-corrected chi connectivity index (χ3v) is 4.72. The van der Waals surface area contributed by atoms with Gasteiger partial charge in [0.15, 0.2) is 0 Å². The van der Waals surface area contributed by atoms with Crippen LogP contribution in [0.25, 0.3) is 0 Å². The summed E-state index contributed by atoms with van der Waals surface area (Å²) >= 11 is 0. The fourth-order valence-electron chi connectivity index (χ4n) is 3.46. The van der Waals surface area contributed by atoms with E-state index in [1.54, 1.807) is 0 Å². The van der Waals surface area contributed by atoms with Crippen LogP contribution in [0.15, 0.2) is 60.7 Å². The number of nitrogens with one attached hydrogen (secondary N) is 2. The van der Waals surface area contributed by atoms with Gasteiger partial charge in [0, 0.05) is 0 Å². The highest BCUT2D eigenvalue weighted by Crippen LogP contribution is 2.24. The molecule has 0 aliphatic rings. The van der Waals surface area contributed by atoms with E-state index >= 15 is 0 Å². The number of carbonyl (C=O) groups excluding carboxylic acids is 1. The molecular formula is C22H31N2O+. The predicted octanol–water partition coefficient (Wildman–Crippen LogP) is 2.64. The van der Waals surface area contributed by atoms with Gasteiger partial charge in [-0.3, -0.25) is 4.79 Å². The molecule has 0 fully saturated rings. The van der Waals surface area contributed by atoms with Gasteiger partial charge in [-0.2, -0.15) is 0 Å². The van der Waals surface area contributed by atoms with Crippen molar-refractivity contribution >= 4 is 5.91 Å². The Kier molecular flexibility index (Phi) is 7.20. The minimum absolute atomic E-state index is 0.0734. The summed E-state index contributed by atoms with van der Waals surface area (Å²) < 4.78 is 0. The van der Waals surface area contributed by atoms with E-state index in [9.17, 15) is 4.79 Å². The standard InChI is InChI=1S/C22H30N2O/c1-17(2)24(18(3)4)16-15-23-22(25)21(19-11-7-5-8-12-19)20-13-9-6-10-14-20/h5-14,17-18,21H,15-16H2,1-4H3,(H,23,25)/p+1. The smallest absolute Gasteiger partial charge is 0.232 e. The van der Waals surface area contributed by atoms with Crippen LogP contribution in [0.3, 0.4) is 0 Å². The molecule has 0 atom stereocenters. The lowest BCUT2D eigenvalue weighted by Gasteiger charge is -2.27. The maximum absolute atomic E-state index is 12.9. The first kappa shape index (κ1) is 19.2. The summed E-state index contributed by atoms with van der Waals surface area (Å²) in [4.78, 5) is 14.5. The van der Waals surface area contributed by atoms with E-state index in [4.69, 9.17) is 0 Å². The lowest BCUT2D eigenvalue weighted by Crippen LogP contribution is -3.18. The Hall–Kier alpha value is -2.13. The Bertz CT molecular complexity index is 590. The Labute approximate surface area is 152 Å². The highest BCUT2D eigenvalue weighted by atomic mass is 16.1. The molecule has 2 aromatic carbocycles. The van der Waals surface area contributed by atoms with Crippen LogP contribution in [-0.4, -0.2) is 31.1 Å². The van der Waals surface area contributed by atoms with Crippen molar-refractivity contribution in [2.45, 2.75) is 45.7 Å². The van der Waals surface area contributed by atoms with E-state index in [0.29, 0.717) is 18.6 Å². The maximum Gasteiger partial charge on any atom is 0.232 e. The average Bonchev–Trinajstić information content (AvgIpc) is 2.60. The van der Waals surface area contributed by atoms with Crippen LogP contribution in [0.1, 0.15) is 44.7 Å². The van der Waals surface area contributed by atoms with Gasteiger partial charge in [0.05, 0.1) is 31.1 Å². The molecule has 0 aliphatic heterocycles. The molecule has 3 nitrogen and oxygen atoms in total. The maximum atomic E-state index is 12.9. The Balaban J connectivity index is 2.09. The fraction of sp³-hybridized carbons (Fsp3) is 0.409. The Morgan fingerprint density at radius 2 is 1.28 bits per heavy atom. The first-order valence-corrected chi connectivity index (χ1v) is 9.24. The van der Waals surface area contributed by atoms with Crippen molar-refractivity contribution in [3.63, 3.8) is 0 Å². The second-order valence-electron chi connectivity index (χ2n) is 7.18. The number of quaternary nitrogens is 1. The van der Waals surface area contributed by atoms with Crippen LogP contribution >= 0.6 is 0 Å². The lowest BCUT2D eigenvalue weighted by atomic mass is 9.90.